The maximum absolute atomic E-state index is 12.3. The molecule has 26 heavy (non-hydrogen) atoms. The topological polar surface area (TPSA) is 75.9 Å². The lowest BCUT2D eigenvalue weighted by molar-refractivity contribution is -0.120. The van der Waals surface area contributed by atoms with Gasteiger partial charge in [0.05, 0.1) is 12.1 Å². The van der Waals surface area contributed by atoms with Crippen molar-refractivity contribution < 1.29 is 4.79 Å². The van der Waals surface area contributed by atoms with E-state index in [1.807, 2.05) is 33.8 Å². The van der Waals surface area contributed by atoms with Crippen LogP contribution in [-0.2, 0) is 11.2 Å². The van der Waals surface area contributed by atoms with Gasteiger partial charge >= 0.3 is 0 Å². The van der Waals surface area contributed by atoms with Gasteiger partial charge in [0.15, 0.2) is 0 Å². The third kappa shape index (κ3) is 4.88. The van der Waals surface area contributed by atoms with Gasteiger partial charge in [-0.3, -0.25) is 4.79 Å². The van der Waals surface area contributed by atoms with Crippen molar-refractivity contribution in [2.24, 2.45) is 0 Å². The molecule has 0 radical (unpaired) electrons. The summed E-state index contributed by atoms with van der Waals surface area (Å²) in [6.45, 7) is 15.5. The molecule has 2 aromatic heterocycles. The standard InChI is InChI=1S/C19H30N6O/c1-7-24(8-2)10-9-20-18(26)12-17-15(5)23-25(16(17)6)19-21-13(3)11-14(4)22-19/h11H,7-10,12H2,1-6H3,(H,20,26). The summed E-state index contributed by atoms with van der Waals surface area (Å²) < 4.78 is 1.73. The fourth-order valence-electron chi connectivity index (χ4n) is 3.04. The normalized spacial score (nSPS) is 11.2. The molecule has 1 N–H and O–H groups in total. The molecule has 1 amide bonds. The zero-order valence-electron chi connectivity index (χ0n) is 16.8. The van der Waals surface area contributed by atoms with Crippen LogP contribution in [0.4, 0.5) is 0 Å². The first-order valence-corrected chi connectivity index (χ1v) is 9.22. The van der Waals surface area contributed by atoms with Crippen LogP contribution in [-0.4, -0.2) is 56.7 Å². The molecule has 0 spiro atoms. The van der Waals surface area contributed by atoms with Gasteiger partial charge in [0.2, 0.25) is 5.91 Å². The number of likely N-dealkylation sites (N-methyl/N-ethyl adjacent to an activating group) is 1. The largest absolute Gasteiger partial charge is 0.355 e. The number of nitrogens with zero attached hydrogens (tertiary/aromatic N) is 5. The molecule has 2 rings (SSSR count). The Morgan fingerprint density at radius 3 is 2.31 bits per heavy atom. The number of carbonyl (C=O) groups excluding carboxylic acids is 1. The van der Waals surface area contributed by atoms with Crippen molar-refractivity contribution in [1.29, 1.82) is 0 Å². The molecule has 0 fully saturated rings. The molecule has 142 valence electrons. The number of rotatable bonds is 8. The molecule has 0 aliphatic rings. The lowest BCUT2D eigenvalue weighted by Gasteiger charge is -2.17. The van der Waals surface area contributed by atoms with E-state index in [2.05, 4.69) is 39.1 Å². The van der Waals surface area contributed by atoms with Crippen LogP contribution in [0.15, 0.2) is 6.07 Å². The van der Waals surface area contributed by atoms with E-state index in [4.69, 9.17) is 0 Å². The minimum absolute atomic E-state index is 0.0178. The van der Waals surface area contributed by atoms with Crippen molar-refractivity contribution >= 4 is 5.91 Å². The maximum atomic E-state index is 12.3. The fraction of sp³-hybridized carbons (Fsp3) is 0.579. The summed E-state index contributed by atoms with van der Waals surface area (Å²) >= 11 is 0. The molecule has 0 aromatic carbocycles. The zero-order valence-corrected chi connectivity index (χ0v) is 16.8. The van der Waals surface area contributed by atoms with Crippen molar-refractivity contribution in [3.8, 4) is 5.95 Å². The molecule has 7 heteroatoms. The highest BCUT2D eigenvalue weighted by molar-refractivity contribution is 5.79. The van der Waals surface area contributed by atoms with Crippen LogP contribution >= 0.6 is 0 Å². The number of hydrogen-bond acceptors (Lipinski definition) is 5. The lowest BCUT2D eigenvalue weighted by Crippen LogP contribution is -2.35. The predicted molar refractivity (Wildman–Crippen MR) is 103 cm³/mol. The van der Waals surface area contributed by atoms with Crippen LogP contribution in [0.1, 0.15) is 42.2 Å². The zero-order chi connectivity index (χ0) is 19.3. The van der Waals surface area contributed by atoms with E-state index in [0.717, 1.165) is 48.0 Å². The highest BCUT2D eigenvalue weighted by Crippen LogP contribution is 2.17. The predicted octanol–water partition coefficient (Wildman–Crippen LogP) is 1.90. The Labute approximate surface area is 155 Å². The fourth-order valence-corrected chi connectivity index (χ4v) is 3.04. The number of nitrogens with one attached hydrogen (secondary N) is 1. The Morgan fingerprint density at radius 2 is 1.73 bits per heavy atom. The number of carbonyl (C=O) groups is 1. The van der Waals surface area contributed by atoms with Gasteiger partial charge in [0.1, 0.15) is 0 Å². The Bertz CT molecular complexity index is 743. The van der Waals surface area contributed by atoms with Gasteiger partial charge in [-0.2, -0.15) is 5.10 Å². The second-order valence-electron chi connectivity index (χ2n) is 6.57. The maximum Gasteiger partial charge on any atom is 0.251 e. The monoisotopic (exact) mass is 358 g/mol. The second kappa shape index (κ2) is 8.89. The third-order valence-electron chi connectivity index (χ3n) is 4.58. The van der Waals surface area contributed by atoms with Crippen LogP contribution < -0.4 is 5.32 Å². The van der Waals surface area contributed by atoms with Crippen LogP contribution in [0.5, 0.6) is 0 Å². The summed E-state index contributed by atoms with van der Waals surface area (Å²) in [7, 11) is 0. The first-order valence-electron chi connectivity index (χ1n) is 9.22. The van der Waals surface area contributed by atoms with Gasteiger partial charge in [-0.25, -0.2) is 14.6 Å². The SMILES string of the molecule is CCN(CC)CCNC(=O)Cc1c(C)nn(-c2nc(C)cc(C)n2)c1C. The highest BCUT2D eigenvalue weighted by Gasteiger charge is 2.17. The molecule has 0 saturated carbocycles. The first kappa shape index (κ1) is 20.0. The van der Waals surface area contributed by atoms with Crippen molar-refractivity contribution in [1.82, 2.24) is 30.0 Å². The Balaban J connectivity index is 2.09. The smallest absolute Gasteiger partial charge is 0.251 e. The van der Waals surface area contributed by atoms with E-state index >= 15 is 0 Å². The third-order valence-corrected chi connectivity index (χ3v) is 4.58. The van der Waals surface area contributed by atoms with Gasteiger partial charge in [0, 0.05) is 35.7 Å². The highest BCUT2D eigenvalue weighted by atomic mass is 16.1. The summed E-state index contributed by atoms with van der Waals surface area (Å²) in [5.41, 5.74) is 4.48. The van der Waals surface area contributed by atoms with E-state index in [0.29, 0.717) is 18.9 Å². The van der Waals surface area contributed by atoms with Crippen molar-refractivity contribution in [2.45, 2.75) is 48.0 Å². The van der Waals surface area contributed by atoms with Crippen LogP contribution in [0.2, 0.25) is 0 Å². The summed E-state index contributed by atoms with van der Waals surface area (Å²) in [5, 5.41) is 7.56. The van der Waals surface area contributed by atoms with E-state index in [1.54, 1.807) is 4.68 Å². The summed E-state index contributed by atoms with van der Waals surface area (Å²) in [6.07, 6.45) is 0.320. The molecule has 0 aliphatic carbocycles. The number of hydrogen-bond donors (Lipinski definition) is 1. The summed E-state index contributed by atoms with van der Waals surface area (Å²) in [4.78, 5) is 23.6. The van der Waals surface area contributed by atoms with E-state index in [9.17, 15) is 4.79 Å². The van der Waals surface area contributed by atoms with Gasteiger partial charge < -0.3 is 10.2 Å². The van der Waals surface area contributed by atoms with Crippen LogP contribution in [0.25, 0.3) is 5.95 Å². The molecular formula is C19H30N6O. The first-order chi connectivity index (χ1) is 12.3. The van der Waals surface area contributed by atoms with Crippen LogP contribution in [0, 0.1) is 27.7 Å². The van der Waals surface area contributed by atoms with Gasteiger partial charge in [-0.05, 0) is 46.9 Å². The minimum Gasteiger partial charge on any atom is -0.355 e. The van der Waals surface area contributed by atoms with Gasteiger partial charge in [-0.15, -0.1) is 0 Å². The average molecular weight is 358 g/mol. The van der Waals surface area contributed by atoms with E-state index in [-0.39, 0.29) is 5.91 Å². The number of aryl methyl sites for hydroxylation is 3. The summed E-state index contributed by atoms with van der Waals surface area (Å²) in [6, 6.07) is 1.93. The molecule has 2 heterocycles. The van der Waals surface area contributed by atoms with Crippen LogP contribution in [0.3, 0.4) is 0 Å². The molecule has 2 aromatic rings. The number of aromatic nitrogens is 4. The Hall–Kier alpha value is -2.28. The van der Waals surface area contributed by atoms with Crippen molar-refractivity contribution in [3.05, 3.63) is 34.4 Å². The Kier molecular flexibility index (Phi) is 6.85. The van der Waals surface area contributed by atoms with E-state index in [1.165, 1.54) is 0 Å². The summed E-state index contributed by atoms with van der Waals surface area (Å²) in [5.74, 6) is 0.570. The average Bonchev–Trinajstić information content (AvgIpc) is 2.86. The van der Waals surface area contributed by atoms with Gasteiger partial charge in [0.25, 0.3) is 5.95 Å². The minimum atomic E-state index is 0.0178. The molecule has 0 unspecified atom stereocenters. The molecule has 7 nitrogen and oxygen atoms in total. The molecule has 0 aliphatic heterocycles. The number of amides is 1. The molecular weight excluding hydrogens is 328 g/mol. The van der Waals surface area contributed by atoms with Crippen molar-refractivity contribution in [3.63, 3.8) is 0 Å². The quantitative estimate of drug-likeness (QED) is 0.780. The molecule has 0 bridgehead atoms. The molecule has 0 atom stereocenters. The van der Waals surface area contributed by atoms with Gasteiger partial charge in [-0.1, -0.05) is 13.8 Å². The van der Waals surface area contributed by atoms with Crippen molar-refractivity contribution in [2.75, 3.05) is 26.2 Å². The Morgan fingerprint density at radius 1 is 1.12 bits per heavy atom. The van der Waals surface area contributed by atoms with E-state index < -0.39 is 0 Å². The lowest BCUT2D eigenvalue weighted by atomic mass is 10.1. The molecule has 0 saturated heterocycles. The second-order valence-corrected chi connectivity index (χ2v) is 6.57.